The summed E-state index contributed by atoms with van der Waals surface area (Å²) in [6.07, 6.45) is 0.387. The van der Waals surface area contributed by atoms with Crippen LogP contribution in [0.1, 0.15) is 31.9 Å². The van der Waals surface area contributed by atoms with Crippen LogP contribution in [-0.2, 0) is 4.79 Å². The Morgan fingerprint density at radius 2 is 2.40 bits per heavy atom. The largest absolute Gasteiger partial charge is 0.338 e. The monoisotopic (exact) mass is 209 g/mol. The predicted octanol–water partition coefficient (Wildman–Crippen LogP) is 0.862. The van der Waals surface area contributed by atoms with E-state index in [1.54, 1.807) is 11.0 Å². The van der Waals surface area contributed by atoms with E-state index in [2.05, 4.69) is 5.16 Å². The van der Waals surface area contributed by atoms with Crippen molar-refractivity contribution in [2.24, 2.45) is 5.73 Å². The lowest BCUT2D eigenvalue weighted by atomic mass is 10.1. The summed E-state index contributed by atoms with van der Waals surface area (Å²) >= 11 is 0. The Labute approximate surface area is 88.2 Å². The maximum absolute atomic E-state index is 11.5. The number of nitrogens with zero attached hydrogens (tertiary/aromatic N) is 2. The van der Waals surface area contributed by atoms with Crippen molar-refractivity contribution in [2.45, 2.75) is 32.2 Å². The third kappa shape index (κ3) is 1.87. The first-order valence-corrected chi connectivity index (χ1v) is 5.10. The molecular formula is C10H15N3O2. The Morgan fingerprint density at radius 1 is 1.67 bits per heavy atom. The normalized spacial score (nSPS) is 21.7. The minimum absolute atomic E-state index is 0.00829. The zero-order valence-corrected chi connectivity index (χ0v) is 8.93. The summed E-state index contributed by atoms with van der Waals surface area (Å²) in [6.45, 7) is 4.57. The van der Waals surface area contributed by atoms with Crippen LogP contribution in [0.5, 0.6) is 0 Å². The minimum Gasteiger partial charge on any atom is -0.338 e. The summed E-state index contributed by atoms with van der Waals surface area (Å²) < 4.78 is 5.13. The fourth-order valence-corrected chi connectivity index (χ4v) is 1.63. The van der Waals surface area contributed by atoms with Crippen LogP contribution in [0.15, 0.2) is 10.6 Å². The Kier molecular flexibility index (Phi) is 2.48. The molecule has 2 heterocycles. The molecule has 0 saturated carbocycles. The van der Waals surface area contributed by atoms with E-state index in [1.807, 2.05) is 13.8 Å². The van der Waals surface area contributed by atoms with Gasteiger partial charge in [0.05, 0.1) is 5.69 Å². The summed E-state index contributed by atoms with van der Waals surface area (Å²) in [5.74, 6) is 0.819. The summed E-state index contributed by atoms with van der Waals surface area (Å²) in [5.41, 5.74) is 6.55. The Bertz CT molecular complexity index is 372. The molecule has 1 unspecified atom stereocenters. The van der Waals surface area contributed by atoms with Crippen LogP contribution < -0.4 is 10.6 Å². The Morgan fingerprint density at radius 3 is 2.87 bits per heavy atom. The van der Waals surface area contributed by atoms with Gasteiger partial charge in [0, 0.05) is 25.1 Å². The minimum atomic E-state index is -0.0925. The molecule has 0 aliphatic carbocycles. The van der Waals surface area contributed by atoms with Crippen molar-refractivity contribution in [1.29, 1.82) is 0 Å². The smallest absolute Gasteiger partial charge is 0.234 e. The molecule has 1 fully saturated rings. The van der Waals surface area contributed by atoms with E-state index in [1.165, 1.54) is 0 Å². The lowest BCUT2D eigenvalue weighted by Crippen LogP contribution is -2.27. The van der Waals surface area contributed by atoms with E-state index >= 15 is 0 Å². The molecule has 2 N–H and O–H groups in total. The number of anilines is 1. The highest BCUT2D eigenvalue weighted by Crippen LogP contribution is 2.24. The molecule has 0 aromatic carbocycles. The highest BCUT2D eigenvalue weighted by Gasteiger charge is 2.30. The quantitative estimate of drug-likeness (QED) is 0.784. The van der Waals surface area contributed by atoms with E-state index in [-0.39, 0.29) is 11.9 Å². The van der Waals surface area contributed by atoms with Crippen LogP contribution in [0.25, 0.3) is 0 Å². The van der Waals surface area contributed by atoms with Gasteiger partial charge in [-0.25, -0.2) is 0 Å². The molecule has 1 aliphatic heterocycles. The van der Waals surface area contributed by atoms with Gasteiger partial charge in [0.15, 0.2) is 0 Å². The number of amides is 1. The fraction of sp³-hybridized carbons (Fsp3) is 0.600. The van der Waals surface area contributed by atoms with Crippen molar-refractivity contribution in [3.8, 4) is 0 Å². The maximum Gasteiger partial charge on any atom is 0.234 e. The molecule has 5 nitrogen and oxygen atoms in total. The van der Waals surface area contributed by atoms with E-state index in [4.69, 9.17) is 10.3 Å². The average Bonchev–Trinajstić information content (AvgIpc) is 2.71. The van der Waals surface area contributed by atoms with E-state index < -0.39 is 0 Å². The lowest BCUT2D eigenvalue weighted by Gasteiger charge is -2.09. The van der Waals surface area contributed by atoms with Gasteiger partial charge in [-0.15, -0.1) is 0 Å². The van der Waals surface area contributed by atoms with Crippen molar-refractivity contribution in [1.82, 2.24) is 5.16 Å². The molecule has 0 bridgehead atoms. The number of aromatic nitrogens is 1. The van der Waals surface area contributed by atoms with Crippen molar-refractivity contribution >= 4 is 11.8 Å². The van der Waals surface area contributed by atoms with Crippen LogP contribution in [0.2, 0.25) is 0 Å². The van der Waals surface area contributed by atoms with E-state index in [0.717, 1.165) is 5.69 Å². The van der Waals surface area contributed by atoms with Gasteiger partial charge in [-0.2, -0.15) is 0 Å². The summed E-state index contributed by atoms with van der Waals surface area (Å²) in [6, 6.07) is 1.71. The van der Waals surface area contributed by atoms with E-state index in [0.29, 0.717) is 24.8 Å². The molecule has 0 spiro atoms. The van der Waals surface area contributed by atoms with Crippen molar-refractivity contribution in [3.63, 3.8) is 0 Å². The standard InChI is InChI=1S/C10H15N3O2/c1-6(2)8-4-10(15-12-8)13-5-7(11)3-9(13)14/h4,6-7H,3,5,11H2,1-2H3. The topological polar surface area (TPSA) is 72.4 Å². The maximum atomic E-state index is 11.5. The van der Waals surface area contributed by atoms with Crippen LogP contribution in [0.4, 0.5) is 5.88 Å². The number of carbonyl (C=O) groups is 1. The molecule has 1 amide bonds. The Hall–Kier alpha value is -1.36. The average molecular weight is 209 g/mol. The first-order chi connectivity index (χ1) is 7.08. The van der Waals surface area contributed by atoms with Gasteiger partial charge in [-0.3, -0.25) is 9.69 Å². The molecule has 1 aliphatic rings. The second kappa shape index (κ2) is 3.66. The number of carbonyl (C=O) groups excluding carboxylic acids is 1. The van der Waals surface area contributed by atoms with Crippen molar-refractivity contribution < 1.29 is 9.32 Å². The molecule has 0 radical (unpaired) electrons. The molecular weight excluding hydrogens is 194 g/mol. The number of nitrogens with two attached hydrogens (primary N) is 1. The third-order valence-electron chi connectivity index (χ3n) is 2.53. The van der Waals surface area contributed by atoms with Gasteiger partial charge in [-0.1, -0.05) is 19.0 Å². The first kappa shape index (κ1) is 10.2. The zero-order chi connectivity index (χ0) is 11.0. The first-order valence-electron chi connectivity index (χ1n) is 5.10. The SMILES string of the molecule is CC(C)c1cc(N2CC(N)CC2=O)on1. The van der Waals surface area contributed by atoms with Crippen molar-refractivity contribution in [2.75, 3.05) is 11.4 Å². The molecule has 15 heavy (non-hydrogen) atoms. The predicted molar refractivity (Wildman–Crippen MR) is 55.5 cm³/mol. The Balaban J connectivity index is 2.19. The van der Waals surface area contributed by atoms with Crippen LogP contribution in [0, 0.1) is 0 Å². The number of hydrogen-bond donors (Lipinski definition) is 1. The van der Waals surface area contributed by atoms with Gasteiger partial charge in [0.25, 0.3) is 0 Å². The lowest BCUT2D eigenvalue weighted by molar-refractivity contribution is -0.117. The van der Waals surface area contributed by atoms with Crippen molar-refractivity contribution in [3.05, 3.63) is 11.8 Å². The molecule has 82 valence electrons. The second-order valence-corrected chi connectivity index (χ2v) is 4.21. The van der Waals surface area contributed by atoms with Crippen LogP contribution >= 0.6 is 0 Å². The molecule has 1 atom stereocenters. The van der Waals surface area contributed by atoms with E-state index in [9.17, 15) is 4.79 Å². The highest BCUT2D eigenvalue weighted by molar-refractivity contribution is 5.94. The summed E-state index contributed by atoms with van der Waals surface area (Å²) in [7, 11) is 0. The van der Waals surface area contributed by atoms with Gasteiger partial charge in [-0.05, 0) is 5.92 Å². The van der Waals surface area contributed by atoms with Gasteiger partial charge in [0.2, 0.25) is 11.8 Å². The molecule has 1 aromatic rings. The molecule has 2 rings (SSSR count). The summed E-state index contributed by atoms with van der Waals surface area (Å²) in [5, 5.41) is 3.91. The van der Waals surface area contributed by atoms with Crippen LogP contribution in [0.3, 0.4) is 0 Å². The third-order valence-corrected chi connectivity index (χ3v) is 2.53. The number of rotatable bonds is 2. The zero-order valence-electron chi connectivity index (χ0n) is 8.93. The van der Waals surface area contributed by atoms with Crippen LogP contribution in [-0.4, -0.2) is 23.7 Å². The molecule has 1 aromatic heterocycles. The van der Waals surface area contributed by atoms with Gasteiger partial charge in [0.1, 0.15) is 0 Å². The second-order valence-electron chi connectivity index (χ2n) is 4.21. The molecule has 1 saturated heterocycles. The highest BCUT2D eigenvalue weighted by atomic mass is 16.5. The fourth-order valence-electron chi connectivity index (χ4n) is 1.63. The molecule has 5 heteroatoms. The number of hydrogen-bond acceptors (Lipinski definition) is 4. The van der Waals surface area contributed by atoms with Gasteiger partial charge < -0.3 is 10.3 Å². The van der Waals surface area contributed by atoms with Gasteiger partial charge >= 0.3 is 0 Å². The summed E-state index contributed by atoms with van der Waals surface area (Å²) in [4.78, 5) is 13.1.